The molecule has 424 valence electrons. The van der Waals surface area contributed by atoms with E-state index >= 15 is 0 Å². The number of amides is 1. The summed E-state index contributed by atoms with van der Waals surface area (Å²) in [5.41, 5.74) is 16.1. The van der Waals surface area contributed by atoms with E-state index in [1.165, 1.54) is 5.56 Å². The molecule has 10 rings (SSSR count). The van der Waals surface area contributed by atoms with Gasteiger partial charge in [0.1, 0.15) is 11.2 Å². The summed E-state index contributed by atoms with van der Waals surface area (Å²) in [6, 6.07) is 57.6. The maximum Gasteiger partial charge on any atom is 0.339 e. The zero-order valence-electron chi connectivity index (χ0n) is 47.6. The minimum atomic E-state index is -0.957. The van der Waals surface area contributed by atoms with E-state index in [9.17, 15) is 19.2 Å². The molecular weight excluding hydrogens is 1170 g/mol. The van der Waals surface area contributed by atoms with Crippen LogP contribution in [0.2, 0.25) is 0 Å². The highest BCUT2D eigenvalue weighted by Crippen LogP contribution is 2.29. The average Bonchev–Trinajstić information content (AvgIpc) is 4.29. The normalized spacial score (nSPS) is 12.0. The minimum Gasteiger partial charge on any atom is -0.478 e. The Bertz CT molecular complexity index is 3900. The number of esters is 2. The van der Waals surface area contributed by atoms with E-state index < -0.39 is 17.2 Å². The van der Waals surface area contributed by atoms with Crippen molar-refractivity contribution >= 4 is 77.5 Å². The molecular formula is C68H66Br2N6O7. The first-order valence-corrected chi connectivity index (χ1v) is 28.6. The summed E-state index contributed by atoms with van der Waals surface area (Å²) in [6.07, 6.45) is 3.46. The Hall–Kier alpha value is -8.50. The second-order valence-corrected chi connectivity index (χ2v) is 23.9. The van der Waals surface area contributed by atoms with Gasteiger partial charge in [-0.1, -0.05) is 141 Å². The molecule has 13 nitrogen and oxygen atoms in total. The molecule has 2 heterocycles. The van der Waals surface area contributed by atoms with Gasteiger partial charge in [-0.15, -0.1) is 0 Å². The first kappa shape index (κ1) is 60.6. The van der Waals surface area contributed by atoms with Crippen LogP contribution in [0.3, 0.4) is 0 Å². The summed E-state index contributed by atoms with van der Waals surface area (Å²) in [7, 11) is 0. The molecule has 83 heavy (non-hydrogen) atoms. The van der Waals surface area contributed by atoms with Crippen LogP contribution in [0.1, 0.15) is 131 Å². The summed E-state index contributed by atoms with van der Waals surface area (Å²) in [6.45, 7) is 16.2. The van der Waals surface area contributed by atoms with Crippen molar-refractivity contribution in [2.75, 3.05) is 0 Å². The number of aromatic nitrogens is 4. The first-order valence-electron chi connectivity index (χ1n) is 27.0. The van der Waals surface area contributed by atoms with Gasteiger partial charge in [-0.25, -0.2) is 14.4 Å². The zero-order valence-corrected chi connectivity index (χ0v) is 50.7. The molecule has 0 aliphatic rings. The Balaban J connectivity index is 0.000000189. The largest absolute Gasteiger partial charge is 0.478 e. The van der Waals surface area contributed by atoms with E-state index in [0.717, 1.165) is 69.7 Å². The molecule has 0 fully saturated rings. The SMILES string of the molecule is CC(C)(C)OC(=O)c1ccccc1-c1ccc(Cn2ncc3cc(C(=O)O)ccc32)cc1.C[C@H](N)c1ccc(Br)cc1.C[C@H](NC(=O)c1ccc2c(cnn2Cc2ccc(-c3ccccc3C(=O)OC(C)(C)C)cc2)c1)c1ccc(Br)cc1. The number of nitrogens with two attached hydrogens (primary N) is 1. The maximum atomic E-state index is 12.9. The van der Waals surface area contributed by atoms with Crippen LogP contribution < -0.4 is 11.1 Å². The van der Waals surface area contributed by atoms with Crippen molar-refractivity contribution in [2.45, 2.75) is 91.8 Å². The lowest BCUT2D eigenvalue weighted by atomic mass is 9.98. The van der Waals surface area contributed by atoms with Crippen molar-refractivity contribution < 1.29 is 33.8 Å². The summed E-state index contributed by atoms with van der Waals surface area (Å²) in [5.74, 6) is -1.77. The highest BCUT2D eigenvalue weighted by atomic mass is 79.9. The first-order chi connectivity index (χ1) is 39.5. The van der Waals surface area contributed by atoms with E-state index in [1.807, 2.05) is 216 Å². The van der Waals surface area contributed by atoms with Gasteiger partial charge >= 0.3 is 17.9 Å². The number of carbonyl (C=O) groups excluding carboxylic acids is 3. The number of carboxylic acids is 1. The molecule has 8 aromatic carbocycles. The van der Waals surface area contributed by atoms with Crippen molar-refractivity contribution in [3.8, 4) is 22.3 Å². The fourth-order valence-corrected chi connectivity index (χ4v) is 9.53. The van der Waals surface area contributed by atoms with Crippen molar-refractivity contribution in [2.24, 2.45) is 5.73 Å². The van der Waals surface area contributed by atoms with E-state index in [2.05, 4.69) is 47.4 Å². The Morgan fingerprint density at radius 1 is 0.542 bits per heavy atom. The number of rotatable bonds is 13. The van der Waals surface area contributed by atoms with Crippen LogP contribution in [0.4, 0.5) is 0 Å². The molecule has 0 radical (unpaired) electrons. The van der Waals surface area contributed by atoms with Gasteiger partial charge in [0.2, 0.25) is 0 Å². The van der Waals surface area contributed by atoms with Crippen molar-refractivity contribution in [3.63, 3.8) is 0 Å². The van der Waals surface area contributed by atoms with Gasteiger partial charge in [0.15, 0.2) is 0 Å². The van der Waals surface area contributed by atoms with Crippen LogP contribution in [0.5, 0.6) is 0 Å². The molecule has 2 atom stereocenters. The third kappa shape index (κ3) is 16.4. The van der Waals surface area contributed by atoms with E-state index in [-0.39, 0.29) is 35.5 Å². The predicted molar refractivity (Wildman–Crippen MR) is 335 cm³/mol. The van der Waals surface area contributed by atoms with Gasteiger partial charge < -0.3 is 25.6 Å². The molecule has 0 saturated carbocycles. The lowest BCUT2D eigenvalue weighted by molar-refractivity contribution is 0.00578. The van der Waals surface area contributed by atoms with Crippen LogP contribution >= 0.6 is 31.9 Å². The third-order valence-corrected chi connectivity index (χ3v) is 14.2. The molecule has 10 aromatic rings. The van der Waals surface area contributed by atoms with E-state index in [4.69, 9.17) is 20.3 Å². The topological polar surface area (TPSA) is 181 Å². The quantitative estimate of drug-likeness (QED) is 0.0940. The number of carboxylic acid groups (broad SMARTS) is 1. The number of nitrogens with zero attached hydrogens (tertiary/aromatic N) is 4. The van der Waals surface area contributed by atoms with Crippen molar-refractivity contribution in [1.82, 2.24) is 24.9 Å². The Morgan fingerprint density at radius 3 is 1.35 bits per heavy atom. The van der Waals surface area contributed by atoms with Gasteiger partial charge in [-0.2, -0.15) is 10.2 Å². The van der Waals surface area contributed by atoms with Gasteiger partial charge in [0.25, 0.3) is 5.91 Å². The van der Waals surface area contributed by atoms with Crippen LogP contribution in [0.25, 0.3) is 44.1 Å². The minimum absolute atomic E-state index is 0.118. The highest BCUT2D eigenvalue weighted by Gasteiger charge is 2.23. The van der Waals surface area contributed by atoms with Gasteiger partial charge in [0.05, 0.1) is 59.2 Å². The van der Waals surface area contributed by atoms with E-state index in [1.54, 1.807) is 42.7 Å². The third-order valence-electron chi connectivity index (χ3n) is 13.2. The molecule has 0 spiro atoms. The summed E-state index contributed by atoms with van der Waals surface area (Å²) < 4.78 is 17.0. The average molecular weight is 1240 g/mol. The number of ether oxygens (including phenoxy) is 2. The monoisotopic (exact) mass is 1240 g/mol. The van der Waals surface area contributed by atoms with Gasteiger partial charge in [0, 0.05) is 31.3 Å². The summed E-state index contributed by atoms with van der Waals surface area (Å²) in [4.78, 5) is 49.6. The molecule has 15 heteroatoms. The predicted octanol–water partition coefficient (Wildman–Crippen LogP) is 15.8. The smallest absolute Gasteiger partial charge is 0.339 e. The Morgan fingerprint density at radius 2 is 0.940 bits per heavy atom. The molecule has 1 amide bonds. The number of aromatic carboxylic acids is 1. The molecule has 2 aromatic heterocycles. The molecule has 0 unspecified atom stereocenters. The Labute approximate surface area is 500 Å². The number of carbonyl (C=O) groups is 4. The number of hydrogen-bond acceptors (Lipinski definition) is 9. The lowest BCUT2D eigenvalue weighted by Crippen LogP contribution is -2.26. The van der Waals surface area contributed by atoms with Crippen LogP contribution in [-0.4, -0.2) is 59.7 Å². The molecule has 0 aliphatic heterocycles. The van der Waals surface area contributed by atoms with Crippen LogP contribution in [0, 0.1) is 0 Å². The number of nitrogens with one attached hydrogen (secondary N) is 1. The van der Waals surface area contributed by atoms with Gasteiger partial charge in [-0.05, 0) is 173 Å². The number of halogens is 2. The summed E-state index contributed by atoms with van der Waals surface area (Å²) >= 11 is 6.80. The fraction of sp³-hybridized carbons (Fsp3) is 0.206. The molecule has 4 N–H and O–H groups in total. The lowest BCUT2D eigenvalue weighted by Gasteiger charge is -2.20. The number of fused-ring (bicyclic) bond motifs is 2. The van der Waals surface area contributed by atoms with Crippen molar-refractivity contribution in [1.29, 1.82) is 0 Å². The second-order valence-electron chi connectivity index (χ2n) is 22.0. The van der Waals surface area contributed by atoms with Crippen LogP contribution in [-0.2, 0) is 22.6 Å². The van der Waals surface area contributed by atoms with Crippen LogP contribution in [0.15, 0.2) is 203 Å². The highest BCUT2D eigenvalue weighted by molar-refractivity contribution is 9.10. The van der Waals surface area contributed by atoms with E-state index in [0.29, 0.717) is 29.8 Å². The fourth-order valence-electron chi connectivity index (χ4n) is 9.00. The number of hydrogen-bond donors (Lipinski definition) is 3. The van der Waals surface area contributed by atoms with Crippen molar-refractivity contribution in [3.05, 3.63) is 248 Å². The molecule has 0 bridgehead atoms. The standard InChI is InChI=1S/C34H32BrN3O3.C26H24N2O4.C8H10BrN/c1-22(24-13-16-28(35)17-14-24)37-32(39)26-15-18-31-27(19-26)20-36-38(31)21-23-9-11-25(12-10-23)29-7-5-6-8-30(29)33(40)41-34(2,3)4;1-26(2,3)32-25(31)22-7-5-4-6-21(22)18-10-8-17(9-11-18)16-28-23-13-12-19(24(29)30)14-20(23)15-27-28;1-6(10)7-2-4-8(9)5-3-7/h5-20,22H,21H2,1-4H3,(H,37,39);4-15H,16H2,1-3H3,(H,29,30);2-6H,10H2,1H3/t22-;;6-/m0.0/s1. The van der Waals surface area contributed by atoms with Gasteiger partial charge in [-0.3, -0.25) is 14.2 Å². The summed E-state index contributed by atoms with van der Waals surface area (Å²) in [5, 5.41) is 22.9. The number of benzene rings is 8. The Kier molecular flexibility index (Phi) is 19.4. The maximum absolute atomic E-state index is 12.9. The zero-order chi connectivity index (χ0) is 59.6. The second kappa shape index (κ2) is 26.6. The molecule has 0 saturated heterocycles. The molecule has 0 aliphatic carbocycles.